The molecule has 0 amide bonds. The highest BCUT2D eigenvalue weighted by molar-refractivity contribution is 6.01. The van der Waals surface area contributed by atoms with E-state index in [1.165, 1.54) is 12.1 Å². The third-order valence-corrected chi connectivity index (χ3v) is 4.60. The van der Waals surface area contributed by atoms with E-state index >= 15 is 0 Å². The zero-order chi connectivity index (χ0) is 20.4. The highest BCUT2D eigenvalue weighted by Gasteiger charge is 2.23. The van der Waals surface area contributed by atoms with E-state index < -0.39 is 12.6 Å². The molecule has 0 aliphatic carbocycles. The van der Waals surface area contributed by atoms with Crippen molar-refractivity contribution in [2.24, 2.45) is 0 Å². The van der Waals surface area contributed by atoms with Gasteiger partial charge in [-0.25, -0.2) is 9.18 Å². The van der Waals surface area contributed by atoms with Gasteiger partial charge < -0.3 is 13.8 Å². The molecule has 0 spiro atoms. The van der Waals surface area contributed by atoms with Gasteiger partial charge in [-0.1, -0.05) is 18.1 Å². The lowest BCUT2D eigenvalue weighted by atomic mass is 10.1. The maximum absolute atomic E-state index is 13.6. The second-order valence-corrected chi connectivity index (χ2v) is 6.51. The van der Waals surface area contributed by atoms with Gasteiger partial charge in [0, 0.05) is 22.6 Å². The van der Waals surface area contributed by atoms with Crippen molar-refractivity contribution in [2.45, 2.75) is 34.1 Å². The van der Waals surface area contributed by atoms with Crippen LogP contribution in [0.15, 0.2) is 34.9 Å². The molecule has 0 aliphatic heterocycles. The Bertz CT molecular complexity index is 1050. The Morgan fingerprint density at radius 2 is 1.96 bits per heavy atom. The third kappa shape index (κ3) is 3.60. The van der Waals surface area contributed by atoms with Crippen molar-refractivity contribution in [3.05, 3.63) is 70.1 Å². The number of aryl methyl sites for hydroxylation is 3. The van der Waals surface area contributed by atoms with E-state index in [-0.39, 0.29) is 17.2 Å². The summed E-state index contributed by atoms with van der Waals surface area (Å²) in [7, 11) is 0. The SMILES string of the molecule is CCc1noc(C)c1C(=O)OCC(=O)c1cc(C)n(-c2cccc(F)c2)c1C. The van der Waals surface area contributed by atoms with Crippen LogP contribution in [0.5, 0.6) is 0 Å². The number of carbonyl (C=O) groups excluding carboxylic acids is 2. The third-order valence-electron chi connectivity index (χ3n) is 4.60. The van der Waals surface area contributed by atoms with E-state index in [4.69, 9.17) is 9.26 Å². The van der Waals surface area contributed by atoms with Gasteiger partial charge in [0.05, 0.1) is 5.69 Å². The molecule has 2 aromatic heterocycles. The van der Waals surface area contributed by atoms with Gasteiger partial charge in [0.1, 0.15) is 17.1 Å². The average molecular weight is 384 g/mol. The summed E-state index contributed by atoms with van der Waals surface area (Å²) in [4.78, 5) is 25.0. The second-order valence-electron chi connectivity index (χ2n) is 6.51. The normalized spacial score (nSPS) is 10.9. The first kappa shape index (κ1) is 19.5. The predicted octanol–water partition coefficient (Wildman–Crippen LogP) is 4.13. The molecule has 2 heterocycles. The van der Waals surface area contributed by atoms with Gasteiger partial charge in [0.25, 0.3) is 0 Å². The zero-order valence-corrected chi connectivity index (χ0v) is 16.2. The maximum Gasteiger partial charge on any atom is 0.344 e. The number of benzene rings is 1. The summed E-state index contributed by atoms with van der Waals surface area (Å²) in [5, 5.41) is 3.82. The van der Waals surface area contributed by atoms with Gasteiger partial charge in [-0.2, -0.15) is 0 Å². The standard InChI is InChI=1S/C21H21FN2O4/c1-5-18-20(14(4)28-23-18)21(26)27-11-19(25)17-9-12(2)24(13(17)3)16-8-6-7-15(22)10-16/h6-10H,5,11H2,1-4H3. The Kier molecular flexibility index (Phi) is 5.44. The summed E-state index contributed by atoms with van der Waals surface area (Å²) < 4.78 is 25.6. The largest absolute Gasteiger partial charge is 0.454 e. The number of nitrogens with zero attached hydrogens (tertiary/aromatic N) is 2. The number of aromatic nitrogens is 2. The number of esters is 1. The molecule has 7 heteroatoms. The van der Waals surface area contributed by atoms with Crippen LogP contribution in [0.25, 0.3) is 5.69 Å². The number of Topliss-reactive ketones (excluding diaryl/α,β-unsaturated/α-hetero) is 1. The first-order valence-corrected chi connectivity index (χ1v) is 8.93. The Balaban J connectivity index is 1.79. The molecule has 3 aromatic rings. The van der Waals surface area contributed by atoms with Crippen LogP contribution in [-0.4, -0.2) is 28.1 Å². The van der Waals surface area contributed by atoms with Crippen LogP contribution in [0, 0.1) is 26.6 Å². The van der Waals surface area contributed by atoms with Gasteiger partial charge in [0.2, 0.25) is 5.78 Å². The molecule has 0 atom stereocenters. The molecule has 0 saturated heterocycles. The molecule has 0 fully saturated rings. The van der Waals surface area contributed by atoms with Crippen LogP contribution >= 0.6 is 0 Å². The molecule has 0 aliphatic rings. The van der Waals surface area contributed by atoms with Crippen molar-refractivity contribution in [3.63, 3.8) is 0 Å². The first-order valence-electron chi connectivity index (χ1n) is 8.93. The summed E-state index contributed by atoms with van der Waals surface area (Å²) in [6.45, 7) is 6.67. The molecule has 0 saturated carbocycles. The molecule has 0 N–H and O–H groups in total. The molecule has 146 valence electrons. The van der Waals surface area contributed by atoms with E-state index in [0.29, 0.717) is 34.8 Å². The summed E-state index contributed by atoms with van der Waals surface area (Å²) in [5.74, 6) is -0.972. The smallest absolute Gasteiger partial charge is 0.344 e. The second kappa shape index (κ2) is 7.80. The lowest BCUT2D eigenvalue weighted by Crippen LogP contribution is -2.16. The fourth-order valence-electron chi connectivity index (χ4n) is 3.26. The highest BCUT2D eigenvalue weighted by Crippen LogP contribution is 2.22. The number of carbonyl (C=O) groups is 2. The lowest BCUT2D eigenvalue weighted by molar-refractivity contribution is 0.0472. The Morgan fingerprint density at radius 3 is 2.64 bits per heavy atom. The average Bonchev–Trinajstić information content (AvgIpc) is 3.18. The van der Waals surface area contributed by atoms with Gasteiger partial charge in [-0.15, -0.1) is 0 Å². The van der Waals surface area contributed by atoms with Gasteiger partial charge >= 0.3 is 5.97 Å². The number of halogens is 1. The topological polar surface area (TPSA) is 74.3 Å². The summed E-state index contributed by atoms with van der Waals surface area (Å²) in [5.41, 5.74) is 3.24. The van der Waals surface area contributed by atoms with E-state index in [1.807, 2.05) is 13.8 Å². The zero-order valence-electron chi connectivity index (χ0n) is 16.2. The Hall–Kier alpha value is -3.22. The highest BCUT2D eigenvalue weighted by atomic mass is 19.1. The molecular weight excluding hydrogens is 363 g/mol. The monoisotopic (exact) mass is 384 g/mol. The summed E-state index contributed by atoms with van der Waals surface area (Å²) in [6.07, 6.45) is 0.518. The molecule has 28 heavy (non-hydrogen) atoms. The van der Waals surface area contributed by atoms with Gasteiger partial charge in [0.15, 0.2) is 6.61 Å². The fraction of sp³-hybridized carbons (Fsp3) is 0.286. The van der Waals surface area contributed by atoms with Crippen molar-refractivity contribution in [2.75, 3.05) is 6.61 Å². The maximum atomic E-state index is 13.6. The quantitative estimate of drug-likeness (QED) is 0.472. The van der Waals surface area contributed by atoms with E-state index in [9.17, 15) is 14.0 Å². The van der Waals surface area contributed by atoms with Crippen molar-refractivity contribution in [1.82, 2.24) is 9.72 Å². The number of ketones is 1. The van der Waals surface area contributed by atoms with Gasteiger partial charge in [-0.05, 0) is 51.5 Å². The first-order chi connectivity index (χ1) is 13.3. The van der Waals surface area contributed by atoms with Gasteiger partial charge in [-0.3, -0.25) is 4.79 Å². The fourth-order valence-corrected chi connectivity index (χ4v) is 3.26. The van der Waals surface area contributed by atoms with Crippen LogP contribution in [0.4, 0.5) is 4.39 Å². The van der Waals surface area contributed by atoms with Crippen LogP contribution in [0.3, 0.4) is 0 Å². The van der Waals surface area contributed by atoms with Crippen molar-refractivity contribution >= 4 is 11.8 Å². The number of ether oxygens (including phenoxy) is 1. The summed E-state index contributed by atoms with van der Waals surface area (Å²) in [6, 6.07) is 7.84. The Labute approximate surface area is 161 Å². The molecule has 3 rings (SSSR count). The van der Waals surface area contributed by atoms with E-state index in [2.05, 4.69) is 5.16 Å². The Morgan fingerprint density at radius 1 is 1.21 bits per heavy atom. The minimum atomic E-state index is -0.636. The number of hydrogen-bond acceptors (Lipinski definition) is 5. The lowest BCUT2D eigenvalue weighted by Gasteiger charge is -2.10. The minimum absolute atomic E-state index is 0.264. The van der Waals surface area contributed by atoms with Crippen molar-refractivity contribution < 1.29 is 23.2 Å². The predicted molar refractivity (Wildman–Crippen MR) is 100 cm³/mol. The molecule has 0 bridgehead atoms. The van der Waals surface area contributed by atoms with Crippen LogP contribution in [0.1, 0.15) is 50.5 Å². The van der Waals surface area contributed by atoms with Crippen LogP contribution < -0.4 is 0 Å². The minimum Gasteiger partial charge on any atom is -0.454 e. The summed E-state index contributed by atoms with van der Waals surface area (Å²) >= 11 is 0. The van der Waals surface area contributed by atoms with E-state index in [1.54, 1.807) is 36.6 Å². The van der Waals surface area contributed by atoms with Crippen molar-refractivity contribution in [1.29, 1.82) is 0 Å². The van der Waals surface area contributed by atoms with Crippen molar-refractivity contribution in [3.8, 4) is 5.69 Å². The molecule has 1 aromatic carbocycles. The molecule has 6 nitrogen and oxygen atoms in total. The number of rotatable bonds is 6. The number of hydrogen-bond donors (Lipinski definition) is 0. The molecular formula is C21H21FN2O4. The van der Waals surface area contributed by atoms with Crippen LogP contribution in [0.2, 0.25) is 0 Å². The van der Waals surface area contributed by atoms with E-state index in [0.717, 1.165) is 5.69 Å². The molecule has 0 unspecified atom stereocenters. The van der Waals surface area contributed by atoms with Crippen LogP contribution in [-0.2, 0) is 11.2 Å². The molecule has 0 radical (unpaired) electrons.